The fourth-order valence-electron chi connectivity index (χ4n) is 2.28. The van der Waals surface area contributed by atoms with Crippen molar-refractivity contribution in [2.45, 2.75) is 19.4 Å². The van der Waals surface area contributed by atoms with Crippen molar-refractivity contribution in [3.05, 3.63) is 57.0 Å². The Bertz CT molecular complexity index is 873. The maximum absolute atomic E-state index is 12.4. The Hall–Kier alpha value is -2.54. The third-order valence-electron chi connectivity index (χ3n) is 3.59. The predicted molar refractivity (Wildman–Crippen MR) is 89.5 cm³/mol. The van der Waals surface area contributed by atoms with Gasteiger partial charge >= 0.3 is 0 Å². The Morgan fingerprint density at radius 2 is 2.13 bits per heavy atom. The number of thiophene rings is 1. The van der Waals surface area contributed by atoms with E-state index >= 15 is 0 Å². The summed E-state index contributed by atoms with van der Waals surface area (Å²) in [6.07, 6.45) is 0.772. The fraction of sp³-hybridized carbons (Fsp3) is 0.250. The molecule has 0 aliphatic carbocycles. The standard InChI is InChI=1S/C16H16N4O2S/c1-11(15(21)17-9-8-12-5-4-10-23-12)20-16(22)13-6-2-3-7-14(13)18-19-20/h2-7,10-11H,8-9H2,1H3,(H,17,21)/t11-/m0/s1. The normalized spacial score (nSPS) is 12.2. The van der Waals surface area contributed by atoms with Crippen LogP contribution in [-0.2, 0) is 11.2 Å². The van der Waals surface area contributed by atoms with E-state index in [1.165, 1.54) is 4.88 Å². The smallest absolute Gasteiger partial charge is 0.278 e. The van der Waals surface area contributed by atoms with Gasteiger partial charge < -0.3 is 5.32 Å². The Labute approximate surface area is 136 Å². The van der Waals surface area contributed by atoms with E-state index in [1.54, 1.807) is 42.5 Å². The summed E-state index contributed by atoms with van der Waals surface area (Å²) in [5, 5.41) is 13.2. The largest absolute Gasteiger partial charge is 0.354 e. The molecule has 3 rings (SSSR count). The molecule has 0 saturated carbocycles. The molecule has 6 nitrogen and oxygen atoms in total. The lowest BCUT2D eigenvalue weighted by Gasteiger charge is -2.13. The van der Waals surface area contributed by atoms with Crippen LogP contribution in [0.15, 0.2) is 46.6 Å². The van der Waals surface area contributed by atoms with Crippen LogP contribution in [0.2, 0.25) is 0 Å². The molecule has 1 atom stereocenters. The topological polar surface area (TPSA) is 76.9 Å². The van der Waals surface area contributed by atoms with Crippen molar-refractivity contribution in [1.29, 1.82) is 0 Å². The highest BCUT2D eigenvalue weighted by Crippen LogP contribution is 2.09. The maximum atomic E-state index is 12.4. The average molecular weight is 328 g/mol. The summed E-state index contributed by atoms with van der Waals surface area (Å²) in [5.74, 6) is -0.242. The van der Waals surface area contributed by atoms with Crippen molar-refractivity contribution >= 4 is 28.1 Å². The number of hydrogen-bond acceptors (Lipinski definition) is 5. The van der Waals surface area contributed by atoms with Crippen molar-refractivity contribution in [2.75, 3.05) is 6.54 Å². The highest BCUT2D eigenvalue weighted by molar-refractivity contribution is 7.09. The molecule has 0 spiro atoms. The van der Waals surface area contributed by atoms with E-state index in [9.17, 15) is 9.59 Å². The van der Waals surface area contributed by atoms with Crippen LogP contribution < -0.4 is 10.9 Å². The van der Waals surface area contributed by atoms with E-state index in [1.807, 2.05) is 17.5 Å². The molecule has 7 heteroatoms. The van der Waals surface area contributed by atoms with Gasteiger partial charge in [0.25, 0.3) is 5.56 Å². The van der Waals surface area contributed by atoms with Gasteiger partial charge in [-0.3, -0.25) is 9.59 Å². The number of nitrogens with one attached hydrogen (secondary N) is 1. The SMILES string of the molecule is C[C@@H](C(=O)NCCc1cccs1)n1nnc2ccccc2c1=O. The average Bonchev–Trinajstić information content (AvgIpc) is 3.08. The van der Waals surface area contributed by atoms with Crippen LogP contribution in [0.3, 0.4) is 0 Å². The number of carbonyl (C=O) groups excluding carboxylic acids is 1. The molecule has 2 aromatic heterocycles. The molecule has 0 radical (unpaired) electrons. The molecule has 1 amide bonds. The number of amides is 1. The summed E-state index contributed by atoms with van der Waals surface area (Å²) in [7, 11) is 0. The molecule has 0 saturated heterocycles. The molecule has 3 aromatic rings. The zero-order chi connectivity index (χ0) is 16.2. The van der Waals surface area contributed by atoms with Gasteiger partial charge in [0.15, 0.2) is 0 Å². The van der Waals surface area contributed by atoms with Gasteiger partial charge in [-0.05, 0) is 36.9 Å². The van der Waals surface area contributed by atoms with Crippen molar-refractivity contribution in [3.63, 3.8) is 0 Å². The molecule has 0 unspecified atom stereocenters. The van der Waals surface area contributed by atoms with Crippen molar-refractivity contribution in [1.82, 2.24) is 20.3 Å². The Balaban J connectivity index is 1.72. The first-order valence-corrected chi connectivity index (χ1v) is 8.19. The van der Waals surface area contributed by atoms with Crippen LogP contribution in [0.5, 0.6) is 0 Å². The number of fused-ring (bicyclic) bond motifs is 1. The molecular formula is C16H16N4O2S. The van der Waals surface area contributed by atoms with Crippen LogP contribution >= 0.6 is 11.3 Å². The highest BCUT2D eigenvalue weighted by Gasteiger charge is 2.18. The molecule has 0 aliphatic heterocycles. The van der Waals surface area contributed by atoms with Crippen molar-refractivity contribution in [2.24, 2.45) is 0 Å². The molecule has 1 aromatic carbocycles. The van der Waals surface area contributed by atoms with Crippen molar-refractivity contribution in [3.8, 4) is 0 Å². The van der Waals surface area contributed by atoms with Gasteiger partial charge in [0.05, 0.1) is 5.39 Å². The van der Waals surface area contributed by atoms with Gasteiger partial charge in [-0.15, -0.1) is 16.4 Å². The van der Waals surface area contributed by atoms with Gasteiger partial charge in [-0.25, -0.2) is 0 Å². The Morgan fingerprint density at radius 1 is 1.30 bits per heavy atom. The van der Waals surface area contributed by atoms with Crippen LogP contribution in [0, 0.1) is 0 Å². The zero-order valence-electron chi connectivity index (χ0n) is 12.6. The lowest BCUT2D eigenvalue weighted by Crippen LogP contribution is -2.38. The summed E-state index contributed by atoms with van der Waals surface area (Å²) >= 11 is 1.65. The molecular weight excluding hydrogens is 312 g/mol. The zero-order valence-corrected chi connectivity index (χ0v) is 13.4. The minimum absolute atomic E-state index is 0.242. The third kappa shape index (κ3) is 3.29. The van der Waals surface area contributed by atoms with Crippen LogP contribution in [0.1, 0.15) is 17.8 Å². The number of nitrogens with zero attached hydrogens (tertiary/aromatic N) is 3. The molecule has 2 heterocycles. The monoisotopic (exact) mass is 328 g/mol. The molecule has 0 fully saturated rings. The number of benzene rings is 1. The number of aromatic nitrogens is 3. The van der Waals surface area contributed by atoms with E-state index < -0.39 is 6.04 Å². The Morgan fingerprint density at radius 3 is 2.91 bits per heavy atom. The number of hydrogen-bond donors (Lipinski definition) is 1. The summed E-state index contributed by atoms with van der Waals surface area (Å²) in [5.41, 5.74) is 0.218. The third-order valence-corrected chi connectivity index (χ3v) is 4.52. The predicted octanol–water partition coefficient (Wildman–Crippen LogP) is 1.77. The lowest BCUT2D eigenvalue weighted by molar-refractivity contribution is -0.124. The highest BCUT2D eigenvalue weighted by atomic mass is 32.1. The van der Waals surface area contributed by atoms with Gasteiger partial charge in [-0.1, -0.05) is 23.4 Å². The maximum Gasteiger partial charge on any atom is 0.278 e. The van der Waals surface area contributed by atoms with E-state index in [0.29, 0.717) is 17.4 Å². The van der Waals surface area contributed by atoms with Crippen molar-refractivity contribution < 1.29 is 4.79 Å². The number of rotatable bonds is 5. The molecule has 0 aliphatic rings. The second kappa shape index (κ2) is 6.70. The molecule has 118 valence electrons. The van der Waals surface area contributed by atoms with Gasteiger partial charge in [0.2, 0.25) is 5.91 Å². The summed E-state index contributed by atoms with van der Waals surface area (Å²) in [6.45, 7) is 2.17. The van der Waals surface area contributed by atoms with Crippen LogP contribution in [0.25, 0.3) is 10.9 Å². The first-order chi connectivity index (χ1) is 11.2. The van der Waals surface area contributed by atoms with Crippen LogP contribution in [-0.4, -0.2) is 27.4 Å². The quantitative estimate of drug-likeness (QED) is 0.774. The summed E-state index contributed by atoms with van der Waals surface area (Å²) < 4.78 is 1.13. The van der Waals surface area contributed by atoms with Gasteiger partial charge in [-0.2, -0.15) is 4.68 Å². The lowest BCUT2D eigenvalue weighted by atomic mass is 10.2. The second-order valence-electron chi connectivity index (χ2n) is 5.15. The van der Waals surface area contributed by atoms with Gasteiger partial charge in [0, 0.05) is 11.4 Å². The fourth-order valence-corrected chi connectivity index (χ4v) is 2.99. The molecule has 23 heavy (non-hydrogen) atoms. The number of carbonyl (C=O) groups is 1. The van der Waals surface area contributed by atoms with E-state index in [-0.39, 0.29) is 11.5 Å². The second-order valence-corrected chi connectivity index (χ2v) is 6.18. The molecule has 1 N–H and O–H groups in total. The summed E-state index contributed by atoms with van der Waals surface area (Å²) in [6, 6.07) is 10.3. The minimum atomic E-state index is -0.706. The summed E-state index contributed by atoms with van der Waals surface area (Å²) in [4.78, 5) is 25.9. The van der Waals surface area contributed by atoms with E-state index in [2.05, 4.69) is 15.6 Å². The minimum Gasteiger partial charge on any atom is -0.354 e. The first-order valence-electron chi connectivity index (χ1n) is 7.31. The van der Waals surface area contributed by atoms with E-state index in [4.69, 9.17) is 0 Å². The molecule has 0 bridgehead atoms. The first kappa shape index (κ1) is 15.4. The van der Waals surface area contributed by atoms with Crippen LogP contribution in [0.4, 0.5) is 0 Å². The van der Waals surface area contributed by atoms with Gasteiger partial charge in [0.1, 0.15) is 11.6 Å². The van der Waals surface area contributed by atoms with E-state index in [0.717, 1.165) is 11.1 Å². The Kier molecular flexibility index (Phi) is 4.47.